The summed E-state index contributed by atoms with van der Waals surface area (Å²) < 4.78 is 38.6. The van der Waals surface area contributed by atoms with Crippen LogP contribution in [0, 0.1) is 0 Å². The molecule has 1 N–H and O–H groups in total. The van der Waals surface area contributed by atoms with Crippen LogP contribution in [0.2, 0.25) is 0 Å². The summed E-state index contributed by atoms with van der Waals surface area (Å²) in [6.45, 7) is 0. The standard InChI is InChI=1S/C11H7F3N2O2/c12-11(13,14)8-6-16-7(4-5-10(17)18)2-1-3-9(16)15-8/h1-6H,(H,17,18)/b5-4+. The third kappa shape index (κ3) is 2.34. The molecule has 0 aliphatic heterocycles. The quantitative estimate of drug-likeness (QED) is 0.839. The zero-order chi connectivity index (χ0) is 13.3. The molecule has 7 heteroatoms. The lowest BCUT2D eigenvalue weighted by Crippen LogP contribution is -2.04. The van der Waals surface area contributed by atoms with Gasteiger partial charge in [-0.15, -0.1) is 0 Å². The zero-order valence-electron chi connectivity index (χ0n) is 8.85. The summed E-state index contributed by atoms with van der Waals surface area (Å²) in [7, 11) is 0. The van der Waals surface area contributed by atoms with Crippen LogP contribution in [-0.2, 0) is 11.0 Å². The zero-order valence-corrected chi connectivity index (χ0v) is 8.85. The predicted molar refractivity (Wildman–Crippen MR) is 56.9 cm³/mol. The van der Waals surface area contributed by atoms with Gasteiger partial charge in [0.2, 0.25) is 0 Å². The molecule has 0 amide bonds. The Balaban J connectivity index is 2.56. The molecule has 0 aromatic carbocycles. The summed E-state index contributed by atoms with van der Waals surface area (Å²) in [5, 5.41) is 8.49. The Kier molecular flexibility index (Phi) is 2.82. The van der Waals surface area contributed by atoms with Crippen LogP contribution >= 0.6 is 0 Å². The van der Waals surface area contributed by atoms with Gasteiger partial charge in [0.15, 0.2) is 5.69 Å². The SMILES string of the molecule is O=C(O)/C=C/c1cccc2nc(C(F)(F)F)cn12. The van der Waals surface area contributed by atoms with Gasteiger partial charge in [-0.3, -0.25) is 4.40 Å². The highest BCUT2D eigenvalue weighted by Crippen LogP contribution is 2.28. The molecule has 2 aromatic heterocycles. The second-order valence-electron chi connectivity index (χ2n) is 3.47. The maximum atomic E-state index is 12.5. The maximum Gasteiger partial charge on any atom is 0.434 e. The van der Waals surface area contributed by atoms with Crippen LogP contribution in [0.4, 0.5) is 13.2 Å². The number of hydrogen-bond acceptors (Lipinski definition) is 2. The average Bonchev–Trinajstić information content (AvgIpc) is 2.69. The third-order valence-corrected chi connectivity index (χ3v) is 2.21. The van der Waals surface area contributed by atoms with E-state index >= 15 is 0 Å². The predicted octanol–water partition coefficient (Wildman–Crippen LogP) is 2.45. The fourth-order valence-corrected chi connectivity index (χ4v) is 1.46. The first-order valence-corrected chi connectivity index (χ1v) is 4.84. The van der Waals surface area contributed by atoms with E-state index in [9.17, 15) is 18.0 Å². The fraction of sp³-hybridized carbons (Fsp3) is 0.0909. The normalized spacial score (nSPS) is 12.4. The molecule has 0 saturated heterocycles. The lowest BCUT2D eigenvalue weighted by atomic mass is 10.3. The molecule has 0 spiro atoms. The van der Waals surface area contributed by atoms with Crippen molar-refractivity contribution in [3.63, 3.8) is 0 Å². The summed E-state index contributed by atoms with van der Waals surface area (Å²) in [5.41, 5.74) is -0.605. The van der Waals surface area contributed by atoms with Gasteiger partial charge in [0, 0.05) is 18.0 Å². The van der Waals surface area contributed by atoms with Crippen LogP contribution in [-0.4, -0.2) is 20.5 Å². The van der Waals surface area contributed by atoms with E-state index in [1.165, 1.54) is 28.7 Å². The molecule has 0 radical (unpaired) electrons. The van der Waals surface area contributed by atoms with Gasteiger partial charge >= 0.3 is 12.1 Å². The van der Waals surface area contributed by atoms with E-state index in [1.807, 2.05) is 0 Å². The Labute approximate surface area is 99.0 Å². The monoisotopic (exact) mass is 256 g/mol. The number of carbonyl (C=O) groups is 1. The molecular formula is C11H7F3N2O2. The van der Waals surface area contributed by atoms with Crippen molar-refractivity contribution in [2.45, 2.75) is 6.18 Å². The smallest absolute Gasteiger partial charge is 0.434 e. The molecule has 0 atom stereocenters. The largest absolute Gasteiger partial charge is 0.478 e. The molecule has 0 aliphatic rings. The van der Waals surface area contributed by atoms with Gasteiger partial charge in [0.05, 0.1) is 0 Å². The lowest BCUT2D eigenvalue weighted by Gasteiger charge is -1.99. The number of carboxylic acids is 1. The number of fused-ring (bicyclic) bond motifs is 1. The first kappa shape index (κ1) is 12.2. The summed E-state index contributed by atoms with van der Waals surface area (Å²) in [6.07, 6.45) is -1.64. The van der Waals surface area contributed by atoms with Crippen LogP contribution < -0.4 is 0 Å². The first-order valence-electron chi connectivity index (χ1n) is 4.84. The maximum absolute atomic E-state index is 12.5. The van der Waals surface area contributed by atoms with E-state index in [0.29, 0.717) is 5.69 Å². The molecule has 2 heterocycles. The summed E-state index contributed by atoms with van der Waals surface area (Å²) in [6, 6.07) is 4.41. The first-order chi connectivity index (χ1) is 8.38. The molecule has 2 aromatic rings. The molecule has 4 nitrogen and oxygen atoms in total. The van der Waals surface area contributed by atoms with Crippen LogP contribution in [0.3, 0.4) is 0 Å². The van der Waals surface area contributed by atoms with Gasteiger partial charge in [-0.25, -0.2) is 9.78 Å². The highest BCUT2D eigenvalue weighted by Gasteiger charge is 2.33. The van der Waals surface area contributed by atoms with Crippen molar-refractivity contribution in [2.24, 2.45) is 0 Å². The topological polar surface area (TPSA) is 54.6 Å². The lowest BCUT2D eigenvalue weighted by molar-refractivity contribution is -0.140. The van der Waals surface area contributed by atoms with E-state index in [2.05, 4.69) is 4.98 Å². The summed E-state index contributed by atoms with van der Waals surface area (Å²) >= 11 is 0. The van der Waals surface area contributed by atoms with Crippen molar-refractivity contribution in [2.75, 3.05) is 0 Å². The molecular weight excluding hydrogens is 249 g/mol. The molecule has 0 bridgehead atoms. The second kappa shape index (κ2) is 4.17. The molecule has 18 heavy (non-hydrogen) atoms. The minimum absolute atomic E-state index is 0.106. The van der Waals surface area contributed by atoms with Crippen LogP contribution in [0.15, 0.2) is 30.5 Å². The van der Waals surface area contributed by atoms with Crippen LogP contribution in [0.25, 0.3) is 11.7 Å². The van der Waals surface area contributed by atoms with Crippen molar-refractivity contribution < 1.29 is 23.1 Å². The Morgan fingerprint density at radius 3 is 2.72 bits per heavy atom. The highest BCUT2D eigenvalue weighted by molar-refractivity contribution is 5.85. The minimum atomic E-state index is -4.53. The van der Waals surface area contributed by atoms with Crippen molar-refractivity contribution in [1.29, 1.82) is 0 Å². The molecule has 94 valence electrons. The Hall–Kier alpha value is -2.31. The van der Waals surface area contributed by atoms with Crippen molar-refractivity contribution >= 4 is 17.7 Å². The van der Waals surface area contributed by atoms with Gasteiger partial charge in [0.25, 0.3) is 0 Å². The number of aliphatic carboxylic acids is 1. The number of aromatic nitrogens is 2. The Bertz CT molecular complexity index is 629. The average molecular weight is 256 g/mol. The molecule has 0 saturated carbocycles. The number of rotatable bonds is 2. The number of halogens is 3. The number of imidazole rings is 1. The summed E-state index contributed by atoms with van der Waals surface area (Å²) in [4.78, 5) is 13.8. The van der Waals surface area contributed by atoms with Gasteiger partial charge in [-0.1, -0.05) is 6.07 Å². The number of nitrogens with zero attached hydrogens (tertiary/aromatic N) is 2. The number of pyridine rings is 1. The molecule has 0 aliphatic carbocycles. The Morgan fingerprint density at radius 2 is 2.11 bits per heavy atom. The summed E-state index contributed by atoms with van der Waals surface area (Å²) in [5.74, 6) is -1.18. The molecule has 0 fully saturated rings. The molecule has 0 unspecified atom stereocenters. The van der Waals surface area contributed by atoms with Crippen LogP contribution in [0.1, 0.15) is 11.4 Å². The van der Waals surface area contributed by atoms with E-state index < -0.39 is 17.8 Å². The molecule has 2 rings (SSSR count). The minimum Gasteiger partial charge on any atom is -0.478 e. The fourth-order valence-electron chi connectivity index (χ4n) is 1.46. The Morgan fingerprint density at radius 1 is 1.39 bits per heavy atom. The van der Waals surface area contributed by atoms with Gasteiger partial charge in [0.1, 0.15) is 5.65 Å². The number of carboxylic acid groups (broad SMARTS) is 1. The van der Waals surface area contributed by atoms with E-state index in [0.717, 1.165) is 12.3 Å². The third-order valence-electron chi connectivity index (χ3n) is 2.21. The van der Waals surface area contributed by atoms with E-state index in [4.69, 9.17) is 5.11 Å². The van der Waals surface area contributed by atoms with Gasteiger partial charge < -0.3 is 5.11 Å². The number of alkyl halides is 3. The van der Waals surface area contributed by atoms with Gasteiger partial charge in [-0.2, -0.15) is 13.2 Å². The highest BCUT2D eigenvalue weighted by atomic mass is 19.4. The number of hydrogen-bond donors (Lipinski definition) is 1. The van der Waals surface area contributed by atoms with E-state index in [1.54, 1.807) is 0 Å². The van der Waals surface area contributed by atoms with Crippen molar-refractivity contribution in [1.82, 2.24) is 9.38 Å². The van der Waals surface area contributed by atoms with Crippen molar-refractivity contribution in [3.8, 4) is 0 Å². The second-order valence-corrected chi connectivity index (χ2v) is 3.47. The van der Waals surface area contributed by atoms with Crippen molar-refractivity contribution in [3.05, 3.63) is 41.9 Å². The van der Waals surface area contributed by atoms with Gasteiger partial charge in [-0.05, 0) is 18.2 Å². The van der Waals surface area contributed by atoms with E-state index in [-0.39, 0.29) is 5.65 Å². The van der Waals surface area contributed by atoms with Crippen LogP contribution in [0.5, 0.6) is 0 Å².